The third kappa shape index (κ3) is 2.79. The molecule has 0 unspecified atom stereocenters. The fourth-order valence-electron chi connectivity index (χ4n) is 1.05. The molecule has 0 saturated heterocycles. The van der Waals surface area contributed by atoms with Gasteiger partial charge in [0.2, 0.25) is 5.95 Å². The molecule has 0 amide bonds. The minimum atomic E-state index is 0.241. The first-order chi connectivity index (χ1) is 7.24. The van der Waals surface area contributed by atoms with Gasteiger partial charge in [-0.05, 0) is 40.8 Å². The number of anilines is 1. The molecular formula is C10H8IN3O. The lowest BCUT2D eigenvalue weighted by Crippen LogP contribution is -1.94. The topological polar surface area (TPSA) is 61.0 Å². The van der Waals surface area contributed by atoms with E-state index < -0.39 is 0 Å². The summed E-state index contributed by atoms with van der Waals surface area (Å²) >= 11 is 2.22. The molecule has 0 bridgehead atoms. The van der Waals surface area contributed by atoms with E-state index in [1.165, 1.54) is 0 Å². The molecule has 5 heteroatoms. The Morgan fingerprint density at radius 2 is 1.87 bits per heavy atom. The maximum atomic E-state index is 5.53. The van der Waals surface area contributed by atoms with E-state index in [2.05, 4.69) is 32.6 Å². The molecule has 4 nitrogen and oxygen atoms in total. The van der Waals surface area contributed by atoms with Gasteiger partial charge in [0.25, 0.3) is 0 Å². The van der Waals surface area contributed by atoms with Gasteiger partial charge >= 0.3 is 0 Å². The average molecular weight is 313 g/mol. The summed E-state index contributed by atoms with van der Waals surface area (Å²) in [7, 11) is 0. The maximum absolute atomic E-state index is 5.53. The average Bonchev–Trinajstić information content (AvgIpc) is 2.22. The molecule has 2 rings (SSSR count). The number of rotatable bonds is 2. The van der Waals surface area contributed by atoms with Gasteiger partial charge in [-0.25, -0.2) is 9.97 Å². The maximum Gasteiger partial charge on any atom is 0.220 e. The highest BCUT2D eigenvalue weighted by Gasteiger charge is 1.98. The van der Waals surface area contributed by atoms with Crippen LogP contribution in [0.15, 0.2) is 36.7 Å². The Labute approximate surface area is 101 Å². The van der Waals surface area contributed by atoms with Crippen LogP contribution >= 0.6 is 22.6 Å². The number of hydrogen-bond donors (Lipinski definition) is 1. The van der Waals surface area contributed by atoms with E-state index in [1.54, 1.807) is 12.4 Å². The Balaban J connectivity index is 2.18. The highest BCUT2D eigenvalue weighted by atomic mass is 127. The molecule has 76 valence electrons. The second kappa shape index (κ2) is 4.43. The van der Waals surface area contributed by atoms with Gasteiger partial charge in [-0.15, -0.1) is 0 Å². The smallest absolute Gasteiger partial charge is 0.220 e. The molecule has 0 aliphatic heterocycles. The predicted molar refractivity (Wildman–Crippen MR) is 65.7 cm³/mol. The fourth-order valence-corrected chi connectivity index (χ4v) is 1.56. The van der Waals surface area contributed by atoms with E-state index in [1.807, 2.05) is 24.3 Å². The summed E-state index contributed by atoms with van der Waals surface area (Å²) < 4.78 is 6.64. The van der Waals surface area contributed by atoms with Gasteiger partial charge in [-0.2, -0.15) is 0 Å². The van der Waals surface area contributed by atoms with Crippen LogP contribution in [-0.2, 0) is 0 Å². The van der Waals surface area contributed by atoms with Gasteiger partial charge in [0.05, 0.1) is 12.4 Å². The van der Waals surface area contributed by atoms with Crippen molar-refractivity contribution in [1.82, 2.24) is 9.97 Å². The van der Waals surface area contributed by atoms with Crippen LogP contribution in [0.1, 0.15) is 0 Å². The first-order valence-electron chi connectivity index (χ1n) is 4.25. The molecule has 2 aromatic rings. The molecule has 15 heavy (non-hydrogen) atoms. The van der Waals surface area contributed by atoms with E-state index in [4.69, 9.17) is 10.5 Å². The molecule has 0 aliphatic carbocycles. The molecule has 0 atom stereocenters. The van der Waals surface area contributed by atoms with Crippen molar-refractivity contribution >= 4 is 28.5 Å². The van der Waals surface area contributed by atoms with Crippen LogP contribution in [0.2, 0.25) is 0 Å². The number of nitrogens with zero attached hydrogens (tertiary/aromatic N) is 2. The van der Waals surface area contributed by atoms with Gasteiger partial charge in [-0.3, -0.25) is 0 Å². The number of nitrogen functional groups attached to an aromatic ring is 1. The van der Waals surface area contributed by atoms with Crippen LogP contribution in [0, 0.1) is 3.57 Å². The zero-order valence-electron chi connectivity index (χ0n) is 7.72. The molecule has 1 heterocycles. The van der Waals surface area contributed by atoms with Gasteiger partial charge in [0, 0.05) is 3.57 Å². The zero-order valence-corrected chi connectivity index (χ0v) is 9.88. The SMILES string of the molecule is Nc1ncc(Oc2cccc(I)c2)cn1. The Bertz CT molecular complexity index is 458. The summed E-state index contributed by atoms with van der Waals surface area (Å²) in [6.45, 7) is 0. The van der Waals surface area contributed by atoms with E-state index in [0.717, 1.165) is 9.32 Å². The molecule has 1 aromatic carbocycles. The summed E-state index contributed by atoms with van der Waals surface area (Å²) in [5, 5.41) is 0. The van der Waals surface area contributed by atoms with E-state index in [9.17, 15) is 0 Å². The minimum Gasteiger partial charge on any atom is -0.454 e. The zero-order chi connectivity index (χ0) is 10.7. The molecular weight excluding hydrogens is 305 g/mol. The number of halogens is 1. The number of ether oxygens (including phenoxy) is 1. The highest BCUT2D eigenvalue weighted by Crippen LogP contribution is 2.21. The minimum absolute atomic E-state index is 0.241. The second-order valence-electron chi connectivity index (χ2n) is 2.84. The Morgan fingerprint density at radius 3 is 2.53 bits per heavy atom. The lowest BCUT2D eigenvalue weighted by molar-refractivity contribution is 0.477. The molecule has 0 aliphatic rings. The quantitative estimate of drug-likeness (QED) is 0.865. The van der Waals surface area contributed by atoms with Crippen LogP contribution in [0.3, 0.4) is 0 Å². The van der Waals surface area contributed by atoms with Crippen LogP contribution < -0.4 is 10.5 Å². The number of hydrogen-bond acceptors (Lipinski definition) is 4. The van der Waals surface area contributed by atoms with Gasteiger partial charge < -0.3 is 10.5 Å². The largest absolute Gasteiger partial charge is 0.454 e. The van der Waals surface area contributed by atoms with Crippen LogP contribution in [0.4, 0.5) is 5.95 Å². The monoisotopic (exact) mass is 313 g/mol. The normalized spacial score (nSPS) is 9.93. The summed E-state index contributed by atoms with van der Waals surface area (Å²) in [5.74, 6) is 1.58. The fraction of sp³-hybridized carbons (Fsp3) is 0. The van der Waals surface area contributed by atoms with Gasteiger partial charge in [0.1, 0.15) is 5.75 Å². The third-order valence-corrected chi connectivity index (χ3v) is 2.35. The van der Waals surface area contributed by atoms with Gasteiger partial charge in [-0.1, -0.05) is 6.07 Å². The van der Waals surface area contributed by atoms with Crippen molar-refractivity contribution in [3.05, 3.63) is 40.2 Å². The molecule has 0 fully saturated rings. The number of nitrogens with two attached hydrogens (primary N) is 1. The lowest BCUT2D eigenvalue weighted by atomic mass is 10.3. The summed E-state index contributed by atoms with van der Waals surface area (Å²) in [5.41, 5.74) is 5.37. The van der Waals surface area contributed by atoms with Gasteiger partial charge in [0.15, 0.2) is 5.75 Å². The van der Waals surface area contributed by atoms with Crippen molar-refractivity contribution in [2.45, 2.75) is 0 Å². The predicted octanol–water partition coefficient (Wildman–Crippen LogP) is 2.46. The molecule has 0 saturated carbocycles. The van der Waals surface area contributed by atoms with E-state index >= 15 is 0 Å². The van der Waals surface area contributed by atoms with Crippen LogP contribution in [-0.4, -0.2) is 9.97 Å². The third-order valence-electron chi connectivity index (χ3n) is 1.68. The van der Waals surface area contributed by atoms with E-state index in [0.29, 0.717) is 5.75 Å². The van der Waals surface area contributed by atoms with Crippen molar-refractivity contribution in [3.63, 3.8) is 0 Å². The Hall–Kier alpha value is -1.37. The Morgan fingerprint density at radius 1 is 1.13 bits per heavy atom. The summed E-state index contributed by atoms with van der Waals surface area (Å²) in [4.78, 5) is 7.68. The van der Waals surface area contributed by atoms with E-state index in [-0.39, 0.29) is 5.95 Å². The molecule has 0 radical (unpaired) electrons. The molecule has 0 spiro atoms. The van der Waals surface area contributed by atoms with Crippen molar-refractivity contribution in [3.8, 4) is 11.5 Å². The Kier molecular flexibility index (Phi) is 3.00. The molecule has 1 aromatic heterocycles. The van der Waals surface area contributed by atoms with Crippen LogP contribution in [0.5, 0.6) is 11.5 Å². The number of aromatic nitrogens is 2. The van der Waals surface area contributed by atoms with Crippen molar-refractivity contribution < 1.29 is 4.74 Å². The lowest BCUT2D eigenvalue weighted by Gasteiger charge is -2.04. The molecule has 2 N–H and O–H groups in total. The van der Waals surface area contributed by atoms with Crippen molar-refractivity contribution in [2.24, 2.45) is 0 Å². The van der Waals surface area contributed by atoms with Crippen LogP contribution in [0.25, 0.3) is 0 Å². The highest BCUT2D eigenvalue weighted by molar-refractivity contribution is 14.1. The summed E-state index contributed by atoms with van der Waals surface area (Å²) in [6, 6.07) is 7.72. The van der Waals surface area contributed by atoms with Crippen molar-refractivity contribution in [1.29, 1.82) is 0 Å². The number of benzene rings is 1. The first kappa shape index (κ1) is 10.2. The summed E-state index contributed by atoms with van der Waals surface area (Å²) in [6.07, 6.45) is 3.09. The first-order valence-corrected chi connectivity index (χ1v) is 5.33. The van der Waals surface area contributed by atoms with Crippen molar-refractivity contribution in [2.75, 3.05) is 5.73 Å². The standard InChI is InChI=1S/C10H8IN3O/c11-7-2-1-3-8(4-7)15-9-5-13-10(12)14-6-9/h1-6H,(H2,12,13,14). The second-order valence-corrected chi connectivity index (χ2v) is 4.08.